The first-order valence-corrected chi connectivity index (χ1v) is 7.72. The molecule has 0 aliphatic heterocycles. The van der Waals surface area contributed by atoms with Crippen LogP contribution in [0.1, 0.15) is 43.9 Å². The second-order valence-corrected chi connectivity index (χ2v) is 6.06. The van der Waals surface area contributed by atoms with Crippen molar-refractivity contribution in [1.29, 1.82) is 0 Å². The Balaban J connectivity index is 2.41. The van der Waals surface area contributed by atoms with Crippen LogP contribution in [0.4, 0.5) is 0 Å². The summed E-state index contributed by atoms with van der Waals surface area (Å²) < 4.78 is 7.27. The first-order chi connectivity index (χ1) is 10.8. The Morgan fingerprint density at radius 3 is 2.35 bits per heavy atom. The maximum Gasteiger partial charge on any atom is 0.273 e. The number of hydrogen-bond acceptors (Lipinski definition) is 4. The molecule has 0 fully saturated rings. The average Bonchev–Trinajstić information content (AvgIpc) is 2.92. The molecule has 124 valence electrons. The largest absolute Gasteiger partial charge is 0.494 e. The van der Waals surface area contributed by atoms with Crippen molar-refractivity contribution in [3.63, 3.8) is 0 Å². The summed E-state index contributed by atoms with van der Waals surface area (Å²) in [6.07, 6.45) is 5.23. The van der Waals surface area contributed by atoms with Gasteiger partial charge in [0.1, 0.15) is 17.1 Å². The minimum absolute atomic E-state index is 0.0957. The number of aryl methyl sites for hydroxylation is 1. The Morgan fingerprint density at radius 1 is 1.22 bits per heavy atom. The molecule has 1 amide bonds. The molecule has 0 aliphatic carbocycles. The van der Waals surface area contributed by atoms with Crippen LogP contribution in [0.25, 0.3) is 5.69 Å². The highest BCUT2D eigenvalue weighted by Crippen LogP contribution is 2.24. The van der Waals surface area contributed by atoms with E-state index in [2.05, 4.69) is 9.97 Å². The van der Waals surface area contributed by atoms with Crippen molar-refractivity contribution in [2.75, 3.05) is 7.11 Å². The molecule has 6 nitrogen and oxygen atoms in total. The van der Waals surface area contributed by atoms with Crippen LogP contribution in [0.15, 0.2) is 24.8 Å². The molecule has 6 heteroatoms. The van der Waals surface area contributed by atoms with Crippen LogP contribution in [0.5, 0.6) is 5.75 Å². The number of carbonyl (C=O) groups is 1. The summed E-state index contributed by atoms with van der Waals surface area (Å²) in [6, 6.07) is 1.89. The first kappa shape index (κ1) is 17.0. The highest BCUT2D eigenvalue weighted by molar-refractivity contribution is 5.93. The van der Waals surface area contributed by atoms with Crippen molar-refractivity contribution in [2.45, 2.75) is 46.7 Å². The van der Waals surface area contributed by atoms with Gasteiger partial charge in [0.15, 0.2) is 0 Å². The summed E-state index contributed by atoms with van der Waals surface area (Å²) >= 11 is 0. The number of nitrogens with zero attached hydrogens (tertiary/aromatic N) is 4. The van der Waals surface area contributed by atoms with Crippen LogP contribution in [-0.2, 0) is 0 Å². The van der Waals surface area contributed by atoms with Gasteiger partial charge in [-0.15, -0.1) is 0 Å². The van der Waals surface area contributed by atoms with E-state index in [0.717, 1.165) is 11.4 Å². The maximum absolute atomic E-state index is 12.7. The van der Waals surface area contributed by atoms with Crippen molar-refractivity contribution in [2.24, 2.45) is 0 Å². The summed E-state index contributed by atoms with van der Waals surface area (Å²) in [7, 11) is 1.58. The topological polar surface area (TPSA) is 60.2 Å². The van der Waals surface area contributed by atoms with Crippen molar-refractivity contribution >= 4 is 5.91 Å². The summed E-state index contributed by atoms with van der Waals surface area (Å²) in [4.78, 5) is 23.1. The Kier molecular flexibility index (Phi) is 5.03. The smallest absolute Gasteiger partial charge is 0.273 e. The van der Waals surface area contributed by atoms with Crippen molar-refractivity contribution < 1.29 is 9.53 Å². The van der Waals surface area contributed by atoms with E-state index in [4.69, 9.17) is 4.74 Å². The minimum Gasteiger partial charge on any atom is -0.494 e. The van der Waals surface area contributed by atoms with E-state index >= 15 is 0 Å². The van der Waals surface area contributed by atoms with Crippen molar-refractivity contribution in [1.82, 2.24) is 19.4 Å². The molecule has 0 aliphatic rings. The molecule has 0 radical (unpaired) electrons. The highest BCUT2D eigenvalue weighted by atomic mass is 16.5. The number of amides is 1. The molecular weight excluding hydrogens is 292 g/mol. The summed E-state index contributed by atoms with van der Waals surface area (Å²) in [5, 5.41) is 0. The van der Waals surface area contributed by atoms with Gasteiger partial charge in [-0.3, -0.25) is 4.79 Å². The lowest BCUT2D eigenvalue weighted by molar-refractivity contribution is 0.0637. The standard InChI is InChI=1S/C17H24N4O2/c1-11(2)21(12(3)4)17(22)14-7-16(23-6)15(8-18-14)20-9-13(5)19-10-20/h7-12H,1-6H3. The third kappa shape index (κ3) is 3.52. The van der Waals surface area contributed by atoms with Gasteiger partial charge in [0.05, 0.1) is 25.3 Å². The number of ether oxygens (including phenoxy) is 1. The average molecular weight is 316 g/mol. The highest BCUT2D eigenvalue weighted by Gasteiger charge is 2.23. The van der Waals surface area contributed by atoms with Crippen LogP contribution in [-0.4, -0.2) is 44.5 Å². The van der Waals surface area contributed by atoms with Gasteiger partial charge in [-0.05, 0) is 34.6 Å². The Bertz CT molecular complexity index is 684. The molecule has 2 aromatic rings. The van der Waals surface area contributed by atoms with Gasteiger partial charge < -0.3 is 14.2 Å². The number of aromatic nitrogens is 3. The van der Waals surface area contributed by atoms with Crippen molar-refractivity contribution in [3.8, 4) is 11.4 Å². The monoisotopic (exact) mass is 316 g/mol. The Labute approximate surface area is 137 Å². The first-order valence-electron chi connectivity index (χ1n) is 7.72. The van der Waals surface area contributed by atoms with E-state index in [9.17, 15) is 4.79 Å². The zero-order chi connectivity index (χ0) is 17.1. The molecule has 0 saturated carbocycles. The predicted octanol–water partition coefficient (Wildman–Crippen LogP) is 2.84. The molecule has 0 atom stereocenters. The van der Waals surface area contributed by atoms with Crippen LogP contribution in [0.3, 0.4) is 0 Å². The molecule has 2 rings (SSSR count). The molecular formula is C17H24N4O2. The molecule has 0 N–H and O–H groups in total. The third-order valence-electron chi connectivity index (χ3n) is 3.62. The number of imidazole rings is 1. The quantitative estimate of drug-likeness (QED) is 0.851. The van der Waals surface area contributed by atoms with E-state index in [1.807, 2.05) is 50.3 Å². The van der Waals surface area contributed by atoms with Crippen LogP contribution >= 0.6 is 0 Å². The Morgan fingerprint density at radius 2 is 1.87 bits per heavy atom. The molecule has 0 saturated heterocycles. The molecule has 2 aromatic heterocycles. The van der Waals surface area contributed by atoms with E-state index in [1.54, 1.807) is 25.7 Å². The summed E-state index contributed by atoms with van der Waals surface area (Å²) in [6.45, 7) is 9.91. The number of pyridine rings is 1. The second kappa shape index (κ2) is 6.81. The molecule has 0 aromatic carbocycles. The minimum atomic E-state index is -0.0957. The Hall–Kier alpha value is -2.37. The fourth-order valence-electron chi connectivity index (χ4n) is 2.65. The molecule has 0 unspecified atom stereocenters. The van der Waals surface area contributed by atoms with E-state index < -0.39 is 0 Å². The van der Waals surface area contributed by atoms with E-state index in [0.29, 0.717) is 11.4 Å². The second-order valence-electron chi connectivity index (χ2n) is 6.06. The lowest BCUT2D eigenvalue weighted by atomic mass is 10.2. The molecule has 0 spiro atoms. The van der Waals surface area contributed by atoms with Crippen LogP contribution in [0, 0.1) is 6.92 Å². The summed E-state index contributed by atoms with van der Waals surface area (Å²) in [5.74, 6) is 0.495. The number of carbonyl (C=O) groups excluding carboxylic acids is 1. The SMILES string of the molecule is COc1cc(C(=O)N(C(C)C)C(C)C)ncc1-n1cnc(C)c1. The maximum atomic E-state index is 12.7. The van der Waals surface area contributed by atoms with Gasteiger partial charge in [-0.2, -0.15) is 0 Å². The number of rotatable bonds is 5. The fourth-order valence-corrected chi connectivity index (χ4v) is 2.65. The lowest BCUT2D eigenvalue weighted by Gasteiger charge is -2.30. The van der Waals surface area contributed by atoms with Gasteiger partial charge in [0.2, 0.25) is 0 Å². The zero-order valence-electron chi connectivity index (χ0n) is 14.6. The summed E-state index contributed by atoms with van der Waals surface area (Å²) in [5.41, 5.74) is 2.04. The van der Waals surface area contributed by atoms with E-state index in [1.165, 1.54) is 0 Å². The lowest BCUT2D eigenvalue weighted by Crippen LogP contribution is -2.42. The molecule has 2 heterocycles. The third-order valence-corrected chi connectivity index (χ3v) is 3.62. The predicted molar refractivity (Wildman–Crippen MR) is 89.1 cm³/mol. The number of hydrogen-bond donors (Lipinski definition) is 0. The normalized spacial score (nSPS) is 11.1. The zero-order valence-corrected chi connectivity index (χ0v) is 14.6. The number of methoxy groups -OCH3 is 1. The van der Waals surface area contributed by atoms with Gasteiger partial charge in [-0.25, -0.2) is 9.97 Å². The fraction of sp³-hybridized carbons (Fsp3) is 0.471. The van der Waals surface area contributed by atoms with Gasteiger partial charge >= 0.3 is 0 Å². The van der Waals surface area contributed by atoms with E-state index in [-0.39, 0.29) is 18.0 Å². The molecule has 23 heavy (non-hydrogen) atoms. The van der Waals surface area contributed by atoms with Gasteiger partial charge in [0, 0.05) is 24.3 Å². The van der Waals surface area contributed by atoms with Gasteiger partial charge in [-0.1, -0.05) is 0 Å². The van der Waals surface area contributed by atoms with Crippen molar-refractivity contribution in [3.05, 3.63) is 36.2 Å². The molecule has 0 bridgehead atoms. The van der Waals surface area contributed by atoms with Gasteiger partial charge in [0.25, 0.3) is 5.91 Å². The van der Waals surface area contributed by atoms with Crippen LogP contribution in [0.2, 0.25) is 0 Å². The van der Waals surface area contributed by atoms with Crippen LogP contribution < -0.4 is 4.74 Å².